The predicted molar refractivity (Wildman–Crippen MR) is 69.3 cm³/mol. The van der Waals surface area contributed by atoms with Gasteiger partial charge in [0.15, 0.2) is 0 Å². The minimum Gasteiger partial charge on any atom is -0.346 e. The molecule has 0 saturated heterocycles. The molecule has 16 heavy (non-hydrogen) atoms. The Balaban J connectivity index is 0.00000225. The van der Waals surface area contributed by atoms with Crippen LogP contribution in [-0.2, 0) is 6.42 Å². The lowest BCUT2D eigenvalue weighted by Gasteiger charge is -2.19. The highest BCUT2D eigenvalue weighted by Gasteiger charge is 2.17. The molecule has 0 atom stereocenters. The van der Waals surface area contributed by atoms with Gasteiger partial charge in [0.25, 0.3) is 5.91 Å². The lowest BCUT2D eigenvalue weighted by molar-refractivity contribution is 0.0915. The van der Waals surface area contributed by atoms with Gasteiger partial charge < -0.3 is 11.1 Å². The zero-order valence-electron chi connectivity index (χ0n) is 9.74. The van der Waals surface area contributed by atoms with Crippen LogP contribution in [0.5, 0.6) is 0 Å². The molecule has 92 valence electrons. The summed E-state index contributed by atoms with van der Waals surface area (Å²) in [5.41, 5.74) is 5.67. The van der Waals surface area contributed by atoms with Crippen LogP contribution in [0.3, 0.4) is 0 Å². The standard InChI is InChI=1S/C10H17N3OS.ClH/c1-10(2,3)13-9(14)7-6-15-8(12-7)4-5-11;/h6H,4-5,11H2,1-3H3,(H,13,14);1H. The molecule has 1 aromatic rings. The first kappa shape index (κ1) is 15.3. The summed E-state index contributed by atoms with van der Waals surface area (Å²) >= 11 is 1.48. The Labute approximate surface area is 106 Å². The summed E-state index contributed by atoms with van der Waals surface area (Å²) in [4.78, 5) is 15.9. The number of nitrogens with one attached hydrogen (secondary N) is 1. The molecule has 0 bridgehead atoms. The average molecular weight is 264 g/mol. The molecule has 0 saturated carbocycles. The number of carbonyl (C=O) groups is 1. The highest BCUT2D eigenvalue weighted by atomic mass is 35.5. The maximum absolute atomic E-state index is 11.7. The molecule has 0 aromatic carbocycles. The minimum absolute atomic E-state index is 0. The largest absolute Gasteiger partial charge is 0.346 e. The first-order valence-corrected chi connectivity index (χ1v) is 5.77. The first-order valence-electron chi connectivity index (χ1n) is 4.89. The van der Waals surface area contributed by atoms with E-state index in [4.69, 9.17) is 5.73 Å². The SMILES string of the molecule is CC(C)(C)NC(=O)c1csc(CCN)n1.Cl. The number of nitrogens with zero attached hydrogens (tertiary/aromatic N) is 1. The molecular formula is C10H18ClN3OS. The van der Waals surface area contributed by atoms with Gasteiger partial charge in [-0.25, -0.2) is 4.98 Å². The molecule has 0 unspecified atom stereocenters. The van der Waals surface area contributed by atoms with Gasteiger partial charge >= 0.3 is 0 Å². The topological polar surface area (TPSA) is 68.0 Å². The van der Waals surface area contributed by atoms with Crippen molar-refractivity contribution >= 4 is 29.7 Å². The molecule has 0 spiro atoms. The molecule has 0 fully saturated rings. The second-order valence-corrected chi connectivity index (χ2v) is 5.31. The Morgan fingerprint density at radius 2 is 2.19 bits per heavy atom. The molecular weight excluding hydrogens is 246 g/mol. The summed E-state index contributed by atoms with van der Waals surface area (Å²) < 4.78 is 0. The second-order valence-electron chi connectivity index (χ2n) is 4.37. The van der Waals surface area contributed by atoms with E-state index >= 15 is 0 Å². The number of amides is 1. The summed E-state index contributed by atoms with van der Waals surface area (Å²) in [6.45, 7) is 6.39. The quantitative estimate of drug-likeness (QED) is 0.870. The summed E-state index contributed by atoms with van der Waals surface area (Å²) in [6.07, 6.45) is 0.730. The van der Waals surface area contributed by atoms with E-state index in [1.165, 1.54) is 11.3 Å². The number of hydrogen-bond acceptors (Lipinski definition) is 4. The summed E-state index contributed by atoms with van der Waals surface area (Å²) in [5.74, 6) is -0.123. The molecule has 1 rings (SSSR count). The van der Waals surface area contributed by atoms with Crippen molar-refractivity contribution in [2.75, 3.05) is 6.54 Å². The van der Waals surface area contributed by atoms with Gasteiger partial charge in [-0.15, -0.1) is 23.7 Å². The third-order valence-electron chi connectivity index (χ3n) is 1.63. The molecule has 0 aliphatic heterocycles. The summed E-state index contributed by atoms with van der Waals surface area (Å²) in [5, 5.41) is 5.55. The summed E-state index contributed by atoms with van der Waals surface area (Å²) in [7, 11) is 0. The number of carbonyl (C=O) groups excluding carboxylic acids is 1. The van der Waals surface area contributed by atoms with Crippen LogP contribution in [0.15, 0.2) is 5.38 Å². The van der Waals surface area contributed by atoms with Gasteiger partial charge in [-0.1, -0.05) is 0 Å². The van der Waals surface area contributed by atoms with Gasteiger partial charge in [0.1, 0.15) is 5.69 Å². The van der Waals surface area contributed by atoms with E-state index in [9.17, 15) is 4.79 Å². The Morgan fingerprint density at radius 1 is 1.56 bits per heavy atom. The van der Waals surface area contributed by atoms with Crippen LogP contribution in [0.2, 0.25) is 0 Å². The first-order chi connectivity index (χ1) is 6.92. The van der Waals surface area contributed by atoms with Crippen molar-refractivity contribution < 1.29 is 4.79 Å². The molecule has 0 aliphatic carbocycles. The lowest BCUT2D eigenvalue weighted by Crippen LogP contribution is -2.40. The fourth-order valence-electron chi connectivity index (χ4n) is 1.06. The van der Waals surface area contributed by atoms with Crippen molar-refractivity contribution in [3.05, 3.63) is 16.1 Å². The van der Waals surface area contributed by atoms with Gasteiger partial charge in [0, 0.05) is 17.3 Å². The Bertz CT molecular complexity index is 346. The fraction of sp³-hybridized carbons (Fsp3) is 0.600. The van der Waals surface area contributed by atoms with Crippen LogP contribution in [0, 0.1) is 0 Å². The third-order valence-corrected chi connectivity index (χ3v) is 2.54. The van der Waals surface area contributed by atoms with Gasteiger partial charge in [-0.2, -0.15) is 0 Å². The van der Waals surface area contributed by atoms with E-state index in [0.29, 0.717) is 12.2 Å². The van der Waals surface area contributed by atoms with Crippen LogP contribution >= 0.6 is 23.7 Å². The van der Waals surface area contributed by atoms with Gasteiger partial charge in [0.05, 0.1) is 5.01 Å². The van der Waals surface area contributed by atoms with Crippen LogP contribution in [0.25, 0.3) is 0 Å². The molecule has 1 amide bonds. The smallest absolute Gasteiger partial charge is 0.271 e. The van der Waals surface area contributed by atoms with Crippen molar-refractivity contribution in [2.45, 2.75) is 32.7 Å². The van der Waals surface area contributed by atoms with Gasteiger partial charge in [-0.05, 0) is 27.3 Å². The predicted octanol–water partition coefficient (Wildman–Crippen LogP) is 1.59. The minimum atomic E-state index is -0.227. The lowest BCUT2D eigenvalue weighted by atomic mass is 10.1. The third kappa shape index (κ3) is 4.92. The highest BCUT2D eigenvalue weighted by molar-refractivity contribution is 7.09. The zero-order chi connectivity index (χ0) is 11.5. The van der Waals surface area contributed by atoms with E-state index in [2.05, 4.69) is 10.3 Å². The van der Waals surface area contributed by atoms with E-state index in [1.54, 1.807) is 5.38 Å². The normalized spacial score (nSPS) is 10.8. The van der Waals surface area contributed by atoms with Crippen LogP contribution in [0.1, 0.15) is 36.3 Å². The van der Waals surface area contributed by atoms with Crippen molar-refractivity contribution in [1.29, 1.82) is 0 Å². The molecule has 1 heterocycles. The van der Waals surface area contributed by atoms with Crippen molar-refractivity contribution in [1.82, 2.24) is 10.3 Å². The molecule has 0 aliphatic rings. The van der Waals surface area contributed by atoms with E-state index in [1.807, 2.05) is 20.8 Å². The Hall–Kier alpha value is -0.650. The molecule has 1 aromatic heterocycles. The maximum atomic E-state index is 11.7. The van der Waals surface area contributed by atoms with Crippen molar-refractivity contribution in [3.8, 4) is 0 Å². The molecule has 6 heteroatoms. The second kappa shape index (κ2) is 6.18. The van der Waals surface area contributed by atoms with E-state index in [-0.39, 0.29) is 23.9 Å². The van der Waals surface area contributed by atoms with E-state index < -0.39 is 0 Å². The Morgan fingerprint density at radius 3 is 2.69 bits per heavy atom. The maximum Gasteiger partial charge on any atom is 0.271 e. The molecule has 4 nitrogen and oxygen atoms in total. The zero-order valence-corrected chi connectivity index (χ0v) is 11.4. The van der Waals surface area contributed by atoms with Crippen LogP contribution in [0.4, 0.5) is 0 Å². The van der Waals surface area contributed by atoms with Crippen LogP contribution < -0.4 is 11.1 Å². The number of rotatable bonds is 3. The van der Waals surface area contributed by atoms with Gasteiger partial charge in [-0.3, -0.25) is 4.79 Å². The Kier molecular flexibility index (Phi) is 5.92. The van der Waals surface area contributed by atoms with Crippen molar-refractivity contribution in [2.24, 2.45) is 5.73 Å². The number of hydrogen-bond donors (Lipinski definition) is 2. The number of nitrogens with two attached hydrogens (primary N) is 1. The number of thiazole rings is 1. The number of halogens is 1. The summed E-state index contributed by atoms with van der Waals surface area (Å²) in [6, 6.07) is 0. The number of aromatic nitrogens is 1. The molecule has 0 radical (unpaired) electrons. The average Bonchev–Trinajstić information content (AvgIpc) is 2.50. The van der Waals surface area contributed by atoms with Crippen LogP contribution in [-0.4, -0.2) is 23.0 Å². The molecule has 3 N–H and O–H groups in total. The van der Waals surface area contributed by atoms with E-state index in [0.717, 1.165) is 11.4 Å². The van der Waals surface area contributed by atoms with Gasteiger partial charge in [0.2, 0.25) is 0 Å². The monoisotopic (exact) mass is 263 g/mol. The highest BCUT2D eigenvalue weighted by Crippen LogP contribution is 2.11. The van der Waals surface area contributed by atoms with Crippen molar-refractivity contribution in [3.63, 3.8) is 0 Å². The fourth-order valence-corrected chi connectivity index (χ4v) is 1.85.